The molecule has 0 radical (unpaired) electrons. The van der Waals surface area contributed by atoms with E-state index in [-0.39, 0.29) is 0 Å². The highest BCUT2D eigenvalue weighted by Crippen LogP contribution is 2.21. The van der Waals surface area contributed by atoms with Gasteiger partial charge in [-0.1, -0.05) is 0 Å². The fourth-order valence-corrected chi connectivity index (χ4v) is 2.18. The molecule has 0 unspecified atom stereocenters. The van der Waals surface area contributed by atoms with Crippen LogP contribution >= 0.6 is 0 Å². The van der Waals surface area contributed by atoms with Gasteiger partial charge in [-0.15, -0.1) is 0 Å². The predicted octanol–water partition coefficient (Wildman–Crippen LogP) is 1.26. The van der Waals surface area contributed by atoms with Gasteiger partial charge in [-0.25, -0.2) is 14.4 Å². The lowest BCUT2D eigenvalue weighted by atomic mass is 10.3. The number of halogens is 1. The van der Waals surface area contributed by atoms with Crippen LogP contribution < -0.4 is 10.2 Å². The Bertz CT molecular complexity index is 581. The molecule has 2 aromatic rings. The third-order valence-corrected chi connectivity index (χ3v) is 3.10. The number of nitrogens with zero attached hydrogens (tertiary/aromatic N) is 5. The minimum Gasteiger partial charge on any atom is -0.354 e. The monoisotopic (exact) mass is 262 g/mol. The second-order valence-electron chi connectivity index (χ2n) is 4.35. The Morgan fingerprint density at radius 2 is 2.26 bits per heavy atom. The molecule has 0 amide bonds. The molecule has 1 aliphatic heterocycles. The molecular formula is C12H15FN6. The van der Waals surface area contributed by atoms with Crippen LogP contribution in [0.15, 0.2) is 18.6 Å². The standard InChI is InChI=1S/C12H15FN6/c1-2-14-12-16-7-9(13)11(17-12)19-6-5-18-4-3-15-10(18)8-19/h3-4,7H,2,5-6,8H2,1H3,(H,14,16,17). The van der Waals surface area contributed by atoms with Gasteiger partial charge in [-0.3, -0.25) is 0 Å². The summed E-state index contributed by atoms with van der Waals surface area (Å²) in [6.07, 6.45) is 4.91. The highest BCUT2D eigenvalue weighted by molar-refractivity contribution is 5.44. The molecule has 3 heterocycles. The minimum atomic E-state index is -0.401. The van der Waals surface area contributed by atoms with Crippen LogP contribution in [0.25, 0.3) is 0 Å². The summed E-state index contributed by atoms with van der Waals surface area (Å²) in [6.45, 7) is 4.71. The number of anilines is 2. The zero-order valence-electron chi connectivity index (χ0n) is 10.7. The van der Waals surface area contributed by atoms with Gasteiger partial charge in [0.1, 0.15) is 5.82 Å². The maximum atomic E-state index is 13.9. The normalized spacial score (nSPS) is 14.3. The fourth-order valence-electron chi connectivity index (χ4n) is 2.18. The highest BCUT2D eigenvalue weighted by atomic mass is 19.1. The molecule has 1 aliphatic rings. The van der Waals surface area contributed by atoms with E-state index < -0.39 is 5.82 Å². The van der Waals surface area contributed by atoms with Gasteiger partial charge in [-0.2, -0.15) is 4.98 Å². The summed E-state index contributed by atoms with van der Waals surface area (Å²) in [5.74, 6) is 1.31. The summed E-state index contributed by atoms with van der Waals surface area (Å²) < 4.78 is 15.9. The molecule has 3 rings (SSSR count). The van der Waals surface area contributed by atoms with Gasteiger partial charge in [0.25, 0.3) is 0 Å². The lowest BCUT2D eigenvalue weighted by molar-refractivity contribution is 0.535. The quantitative estimate of drug-likeness (QED) is 0.902. The van der Waals surface area contributed by atoms with E-state index in [9.17, 15) is 4.39 Å². The molecule has 1 N–H and O–H groups in total. The lowest BCUT2D eigenvalue weighted by Crippen LogP contribution is -2.35. The van der Waals surface area contributed by atoms with E-state index in [1.807, 2.05) is 18.0 Å². The molecular weight excluding hydrogens is 247 g/mol. The van der Waals surface area contributed by atoms with Crippen LogP contribution in [0.1, 0.15) is 12.7 Å². The summed E-state index contributed by atoms with van der Waals surface area (Å²) >= 11 is 0. The molecule has 0 aromatic carbocycles. The van der Waals surface area contributed by atoms with E-state index in [1.165, 1.54) is 6.20 Å². The van der Waals surface area contributed by atoms with Crippen LogP contribution in [-0.4, -0.2) is 32.6 Å². The first-order chi connectivity index (χ1) is 9.28. The summed E-state index contributed by atoms with van der Waals surface area (Å²) in [7, 11) is 0. The topological polar surface area (TPSA) is 58.9 Å². The number of rotatable bonds is 3. The summed E-state index contributed by atoms with van der Waals surface area (Å²) in [5, 5.41) is 2.99. The second-order valence-corrected chi connectivity index (χ2v) is 4.35. The largest absolute Gasteiger partial charge is 0.354 e. The van der Waals surface area contributed by atoms with Gasteiger partial charge in [0, 0.05) is 32.0 Å². The Balaban J connectivity index is 1.88. The molecule has 0 aliphatic carbocycles. The van der Waals surface area contributed by atoms with Crippen LogP contribution in [0.5, 0.6) is 0 Å². The van der Waals surface area contributed by atoms with Gasteiger partial charge in [0.2, 0.25) is 5.95 Å². The van der Waals surface area contributed by atoms with E-state index in [0.717, 1.165) is 12.4 Å². The Morgan fingerprint density at radius 3 is 3.11 bits per heavy atom. The first-order valence-corrected chi connectivity index (χ1v) is 6.29. The first kappa shape index (κ1) is 11.9. The molecule has 19 heavy (non-hydrogen) atoms. The number of aromatic nitrogens is 4. The molecule has 100 valence electrons. The average molecular weight is 262 g/mol. The summed E-state index contributed by atoms with van der Waals surface area (Å²) in [5.41, 5.74) is 0. The van der Waals surface area contributed by atoms with Crippen molar-refractivity contribution in [2.45, 2.75) is 20.0 Å². The van der Waals surface area contributed by atoms with Gasteiger partial charge < -0.3 is 14.8 Å². The molecule has 0 bridgehead atoms. The molecule has 0 spiro atoms. The molecule has 0 saturated heterocycles. The zero-order chi connectivity index (χ0) is 13.2. The Kier molecular flexibility index (Phi) is 3.02. The molecule has 7 heteroatoms. The van der Waals surface area contributed by atoms with Crippen molar-refractivity contribution in [1.82, 2.24) is 19.5 Å². The van der Waals surface area contributed by atoms with Crippen LogP contribution in [-0.2, 0) is 13.1 Å². The number of imidazole rings is 1. The van der Waals surface area contributed by atoms with Crippen molar-refractivity contribution in [2.75, 3.05) is 23.3 Å². The predicted molar refractivity (Wildman–Crippen MR) is 69.4 cm³/mol. The lowest BCUT2D eigenvalue weighted by Gasteiger charge is -2.28. The number of hydrogen-bond acceptors (Lipinski definition) is 5. The highest BCUT2D eigenvalue weighted by Gasteiger charge is 2.21. The SMILES string of the molecule is CCNc1ncc(F)c(N2CCn3ccnc3C2)n1. The Labute approximate surface area is 110 Å². The zero-order valence-corrected chi connectivity index (χ0v) is 10.7. The van der Waals surface area contributed by atoms with Crippen molar-refractivity contribution >= 4 is 11.8 Å². The van der Waals surface area contributed by atoms with E-state index >= 15 is 0 Å². The number of hydrogen-bond donors (Lipinski definition) is 1. The Hall–Kier alpha value is -2.18. The molecule has 0 atom stereocenters. The first-order valence-electron chi connectivity index (χ1n) is 6.29. The van der Waals surface area contributed by atoms with Crippen molar-refractivity contribution in [1.29, 1.82) is 0 Å². The van der Waals surface area contributed by atoms with E-state index in [4.69, 9.17) is 0 Å². The van der Waals surface area contributed by atoms with E-state index in [1.54, 1.807) is 6.20 Å². The number of nitrogens with one attached hydrogen (secondary N) is 1. The van der Waals surface area contributed by atoms with Crippen LogP contribution in [0.3, 0.4) is 0 Å². The fraction of sp³-hybridized carbons (Fsp3) is 0.417. The van der Waals surface area contributed by atoms with Crippen LogP contribution in [0.2, 0.25) is 0 Å². The van der Waals surface area contributed by atoms with Crippen LogP contribution in [0, 0.1) is 5.82 Å². The molecule has 2 aromatic heterocycles. The summed E-state index contributed by atoms with van der Waals surface area (Å²) in [4.78, 5) is 14.3. The molecule has 0 saturated carbocycles. The third kappa shape index (κ3) is 2.23. The van der Waals surface area contributed by atoms with Crippen molar-refractivity contribution in [3.8, 4) is 0 Å². The Morgan fingerprint density at radius 1 is 1.37 bits per heavy atom. The van der Waals surface area contributed by atoms with E-state index in [0.29, 0.717) is 31.4 Å². The third-order valence-electron chi connectivity index (χ3n) is 3.10. The van der Waals surface area contributed by atoms with Crippen molar-refractivity contribution in [2.24, 2.45) is 0 Å². The van der Waals surface area contributed by atoms with Gasteiger partial charge in [0.05, 0.1) is 12.7 Å². The van der Waals surface area contributed by atoms with Gasteiger partial charge in [0.15, 0.2) is 11.6 Å². The number of fused-ring (bicyclic) bond motifs is 1. The average Bonchev–Trinajstić information content (AvgIpc) is 2.88. The van der Waals surface area contributed by atoms with E-state index in [2.05, 4.69) is 24.8 Å². The maximum Gasteiger partial charge on any atom is 0.224 e. The molecule has 6 nitrogen and oxygen atoms in total. The maximum absolute atomic E-state index is 13.9. The summed E-state index contributed by atoms with van der Waals surface area (Å²) in [6, 6.07) is 0. The second kappa shape index (κ2) is 4.83. The minimum absolute atomic E-state index is 0.334. The van der Waals surface area contributed by atoms with Crippen molar-refractivity contribution in [3.05, 3.63) is 30.2 Å². The molecule has 0 fully saturated rings. The smallest absolute Gasteiger partial charge is 0.224 e. The van der Waals surface area contributed by atoms with Crippen molar-refractivity contribution in [3.63, 3.8) is 0 Å². The van der Waals surface area contributed by atoms with Crippen LogP contribution in [0.4, 0.5) is 16.2 Å². The van der Waals surface area contributed by atoms with Gasteiger partial charge in [-0.05, 0) is 6.92 Å². The van der Waals surface area contributed by atoms with Gasteiger partial charge >= 0.3 is 0 Å². The van der Waals surface area contributed by atoms with Crippen molar-refractivity contribution < 1.29 is 4.39 Å².